The maximum Gasteiger partial charge on any atom is 0.263 e. The highest BCUT2D eigenvalue weighted by molar-refractivity contribution is 8.26. The zero-order valence-corrected chi connectivity index (χ0v) is 18.5. The molecular formula is C23H21N3O2S2. The van der Waals surface area contributed by atoms with Gasteiger partial charge >= 0.3 is 0 Å². The van der Waals surface area contributed by atoms with Gasteiger partial charge in [0.15, 0.2) is 0 Å². The standard InChI is InChI=1S/C23H21N3O2S2/c1-14(2)28-19-10-9-16(11-15(19)3)21-17(12-20-22(27)24-23(29)30-20)13-26(25-21)18-7-5-4-6-8-18/h4-14H,1-3H3,(H,24,27,29). The molecule has 2 heterocycles. The average molecular weight is 436 g/mol. The molecule has 1 fully saturated rings. The van der Waals surface area contributed by atoms with Gasteiger partial charge in [0.2, 0.25) is 0 Å². The van der Waals surface area contributed by atoms with Crippen LogP contribution in [0.25, 0.3) is 23.0 Å². The van der Waals surface area contributed by atoms with Crippen LogP contribution < -0.4 is 10.1 Å². The van der Waals surface area contributed by atoms with E-state index >= 15 is 0 Å². The fourth-order valence-electron chi connectivity index (χ4n) is 3.18. The number of ether oxygens (including phenoxy) is 1. The molecule has 1 N–H and O–H groups in total. The van der Waals surface area contributed by atoms with Crippen LogP contribution in [0, 0.1) is 6.92 Å². The van der Waals surface area contributed by atoms with Crippen molar-refractivity contribution in [3.05, 3.63) is 70.8 Å². The van der Waals surface area contributed by atoms with Gasteiger partial charge in [-0.3, -0.25) is 4.79 Å². The average Bonchev–Trinajstić information content (AvgIpc) is 3.27. The lowest BCUT2D eigenvalue weighted by atomic mass is 10.0. The molecule has 1 aliphatic heterocycles. The van der Waals surface area contributed by atoms with Gasteiger partial charge in [-0.05, 0) is 62.7 Å². The topological polar surface area (TPSA) is 56.2 Å². The van der Waals surface area contributed by atoms with Crippen molar-refractivity contribution in [2.75, 3.05) is 0 Å². The number of aryl methyl sites for hydroxylation is 1. The lowest BCUT2D eigenvalue weighted by Gasteiger charge is -2.13. The summed E-state index contributed by atoms with van der Waals surface area (Å²) < 4.78 is 8.16. The predicted octanol–water partition coefficient (Wildman–Crippen LogP) is 5.12. The van der Waals surface area contributed by atoms with Crippen molar-refractivity contribution < 1.29 is 9.53 Å². The number of carbonyl (C=O) groups excluding carboxylic acids is 1. The Morgan fingerprint density at radius 3 is 2.60 bits per heavy atom. The van der Waals surface area contributed by atoms with E-state index in [4.69, 9.17) is 22.1 Å². The van der Waals surface area contributed by atoms with Crippen LogP contribution in [0.2, 0.25) is 0 Å². The maximum absolute atomic E-state index is 12.2. The first-order chi connectivity index (χ1) is 14.4. The van der Waals surface area contributed by atoms with Crippen LogP contribution >= 0.6 is 24.0 Å². The molecule has 0 unspecified atom stereocenters. The largest absolute Gasteiger partial charge is 0.491 e. The highest BCUT2D eigenvalue weighted by atomic mass is 32.2. The van der Waals surface area contributed by atoms with Gasteiger partial charge in [-0.2, -0.15) is 5.10 Å². The number of hydrogen-bond acceptors (Lipinski definition) is 5. The molecular weight excluding hydrogens is 414 g/mol. The monoisotopic (exact) mass is 435 g/mol. The first-order valence-electron chi connectivity index (χ1n) is 9.58. The van der Waals surface area contributed by atoms with Crippen molar-refractivity contribution in [1.82, 2.24) is 15.1 Å². The number of hydrogen-bond donors (Lipinski definition) is 1. The van der Waals surface area contributed by atoms with E-state index in [1.165, 1.54) is 11.8 Å². The van der Waals surface area contributed by atoms with Crippen molar-refractivity contribution in [3.8, 4) is 22.7 Å². The fraction of sp³-hybridized carbons (Fsp3) is 0.174. The van der Waals surface area contributed by atoms with Crippen molar-refractivity contribution in [2.24, 2.45) is 0 Å². The number of amides is 1. The summed E-state index contributed by atoms with van der Waals surface area (Å²) in [5.74, 6) is 0.674. The third kappa shape index (κ3) is 4.32. The first-order valence-corrected chi connectivity index (χ1v) is 10.8. The summed E-state index contributed by atoms with van der Waals surface area (Å²) in [6, 6.07) is 15.9. The number of para-hydroxylation sites is 1. The Labute approximate surface area is 185 Å². The molecule has 4 rings (SSSR count). The van der Waals surface area contributed by atoms with E-state index in [-0.39, 0.29) is 12.0 Å². The lowest BCUT2D eigenvalue weighted by Crippen LogP contribution is -2.17. The van der Waals surface area contributed by atoms with Gasteiger partial charge in [-0.25, -0.2) is 4.68 Å². The van der Waals surface area contributed by atoms with E-state index in [0.717, 1.165) is 33.8 Å². The van der Waals surface area contributed by atoms with Gasteiger partial charge in [-0.1, -0.05) is 42.2 Å². The summed E-state index contributed by atoms with van der Waals surface area (Å²) in [5.41, 5.74) is 4.56. The molecule has 7 heteroatoms. The van der Waals surface area contributed by atoms with Gasteiger partial charge in [0, 0.05) is 17.3 Å². The van der Waals surface area contributed by atoms with Crippen LogP contribution in [-0.4, -0.2) is 26.1 Å². The number of thioether (sulfide) groups is 1. The second-order valence-corrected chi connectivity index (χ2v) is 8.93. The Bertz CT molecular complexity index is 1150. The zero-order chi connectivity index (χ0) is 21.3. The summed E-state index contributed by atoms with van der Waals surface area (Å²) in [7, 11) is 0. The molecule has 0 aliphatic carbocycles. The Kier molecular flexibility index (Phi) is 5.74. The summed E-state index contributed by atoms with van der Waals surface area (Å²) >= 11 is 6.38. The highest BCUT2D eigenvalue weighted by Crippen LogP contribution is 2.32. The van der Waals surface area contributed by atoms with E-state index in [0.29, 0.717) is 9.23 Å². The normalized spacial score (nSPS) is 15.1. The number of nitrogens with one attached hydrogen (secondary N) is 1. The third-order valence-electron chi connectivity index (χ3n) is 4.50. The Morgan fingerprint density at radius 1 is 1.20 bits per heavy atom. The SMILES string of the molecule is Cc1cc(-c2nn(-c3ccccc3)cc2C=C2SC(=S)NC2=O)ccc1OC(C)C. The molecule has 2 aromatic carbocycles. The minimum absolute atomic E-state index is 0.105. The summed E-state index contributed by atoms with van der Waals surface area (Å²) in [6.07, 6.45) is 3.88. The smallest absolute Gasteiger partial charge is 0.263 e. The summed E-state index contributed by atoms with van der Waals surface area (Å²) in [5, 5.41) is 7.49. The van der Waals surface area contributed by atoms with Crippen LogP contribution in [0.3, 0.4) is 0 Å². The summed E-state index contributed by atoms with van der Waals surface area (Å²) in [6.45, 7) is 6.04. The van der Waals surface area contributed by atoms with Gasteiger partial charge in [-0.15, -0.1) is 0 Å². The van der Waals surface area contributed by atoms with Crippen LogP contribution in [0.15, 0.2) is 59.6 Å². The molecule has 1 amide bonds. The lowest BCUT2D eigenvalue weighted by molar-refractivity contribution is -0.115. The molecule has 152 valence electrons. The highest BCUT2D eigenvalue weighted by Gasteiger charge is 2.23. The van der Waals surface area contributed by atoms with Gasteiger partial charge in [0.05, 0.1) is 16.7 Å². The fourth-order valence-corrected chi connectivity index (χ4v) is 4.21. The second-order valence-electron chi connectivity index (χ2n) is 7.21. The Morgan fingerprint density at radius 2 is 1.97 bits per heavy atom. The van der Waals surface area contributed by atoms with Crippen LogP contribution in [-0.2, 0) is 4.79 Å². The number of rotatable bonds is 5. The van der Waals surface area contributed by atoms with Crippen molar-refractivity contribution >= 4 is 40.3 Å². The number of thiocarbonyl (C=S) groups is 1. The van der Waals surface area contributed by atoms with E-state index in [1.807, 2.05) is 80.2 Å². The molecule has 0 radical (unpaired) electrons. The molecule has 0 spiro atoms. The first kappa shape index (κ1) is 20.4. The van der Waals surface area contributed by atoms with E-state index in [2.05, 4.69) is 11.4 Å². The molecule has 1 aliphatic rings. The van der Waals surface area contributed by atoms with Crippen LogP contribution in [0.4, 0.5) is 0 Å². The predicted molar refractivity (Wildman–Crippen MR) is 126 cm³/mol. The van der Waals surface area contributed by atoms with E-state index in [9.17, 15) is 4.79 Å². The molecule has 1 aromatic heterocycles. The number of benzene rings is 2. The number of carbonyl (C=O) groups is 1. The molecule has 1 saturated heterocycles. The van der Waals surface area contributed by atoms with Crippen molar-refractivity contribution in [2.45, 2.75) is 26.9 Å². The molecule has 0 saturated carbocycles. The summed E-state index contributed by atoms with van der Waals surface area (Å²) in [4.78, 5) is 12.7. The quantitative estimate of drug-likeness (QED) is 0.445. The molecule has 30 heavy (non-hydrogen) atoms. The molecule has 3 aromatic rings. The van der Waals surface area contributed by atoms with E-state index in [1.54, 1.807) is 0 Å². The Hall–Kier alpha value is -2.90. The van der Waals surface area contributed by atoms with Gasteiger partial charge < -0.3 is 10.1 Å². The molecule has 0 bridgehead atoms. The van der Waals surface area contributed by atoms with Crippen LogP contribution in [0.5, 0.6) is 5.75 Å². The van der Waals surface area contributed by atoms with Gasteiger partial charge in [0.1, 0.15) is 15.8 Å². The Balaban J connectivity index is 1.81. The van der Waals surface area contributed by atoms with Crippen molar-refractivity contribution in [3.63, 3.8) is 0 Å². The zero-order valence-electron chi connectivity index (χ0n) is 16.9. The van der Waals surface area contributed by atoms with Gasteiger partial charge in [0.25, 0.3) is 5.91 Å². The van der Waals surface area contributed by atoms with Crippen molar-refractivity contribution in [1.29, 1.82) is 0 Å². The second kappa shape index (κ2) is 8.45. The number of aromatic nitrogens is 2. The number of nitrogens with zero attached hydrogens (tertiary/aromatic N) is 2. The van der Waals surface area contributed by atoms with E-state index < -0.39 is 0 Å². The van der Waals surface area contributed by atoms with Crippen LogP contribution in [0.1, 0.15) is 25.0 Å². The maximum atomic E-state index is 12.2. The molecule has 5 nitrogen and oxygen atoms in total. The minimum Gasteiger partial charge on any atom is -0.491 e. The minimum atomic E-state index is -0.180. The molecule has 0 atom stereocenters. The third-order valence-corrected chi connectivity index (χ3v) is 5.67.